The van der Waals surface area contributed by atoms with Crippen LogP contribution >= 0.6 is 0 Å². The average Bonchev–Trinajstić information content (AvgIpc) is 2.17. The van der Waals surface area contributed by atoms with E-state index in [4.69, 9.17) is 0 Å². The van der Waals surface area contributed by atoms with Crippen LogP contribution in [0.1, 0.15) is 25.7 Å². The van der Waals surface area contributed by atoms with Gasteiger partial charge in [0.15, 0.2) is 0 Å². The van der Waals surface area contributed by atoms with E-state index in [-0.39, 0.29) is 11.9 Å². The van der Waals surface area contributed by atoms with Gasteiger partial charge in [-0.15, -0.1) is 6.58 Å². The van der Waals surface area contributed by atoms with E-state index in [0.29, 0.717) is 19.4 Å². The molecular formula is C10H17NO3. The van der Waals surface area contributed by atoms with Gasteiger partial charge in [-0.2, -0.15) is 0 Å². The predicted octanol–water partition coefficient (Wildman–Crippen LogP) is 1.02. The summed E-state index contributed by atoms with van der Waals surface area (Å²) in [6.07, 6.45) is 3.84. The van der Waals surface area contributed by atoms with Gasteiger partial charge in [0.2, 0.25) is 5.91 Å². The van der Waals surface area contributed by atoms with E-state index in [1.165, 1.54) is 7.11 Å². The molecule has 1 amide bonds. The molecule has 80 valence electrons. The molecule has 0 saturated carbocycles. The maximum absolute atomic E-state index is 10.9. The number of hydrogen-bond donors (Lipinski definition) is 1. The van der Waals surface area contributed by atoms with Crippen LogP contribution in [0.25, 0.3) is 0 Å². The van der Waals surface area contributed by atoms with E-state index < -0.39 is 0 Å². The standard InChI is InChI=1S/C10H17NO3/c1-3-6-9(12)11-8-5-4-7-10(13)14-2/h3H,1,4-8H2,2H3,(H,11,12). The second kappa shape index (κ2) is 8.29. The second-order valence-corrected chi connectivity index (χ2v) is 2.88. The Bertz CT molecular complexity index is 202. The summed E-state index contributed by atoms with van der Waals surface area (Å²) in [5.74, 6) is -0.236. The molecule has 0 atom stereocenters. The average molecular weight is 199 g/mol. The topological polar surface area (TPSA) is 55.4 Å². The third kappa shape index (κ3) is 7.34. The SMILES string of the molecule is C=CCC(=O)NCCCCC(=O)OC. The Morgan fingerprint density at radius 2 is 2.14 bits per heavy atom. The molecular weight excluding hydrogens is 182 g/mol. The fourth-order valence-electron chi connectivity index (χ4n) is 0.927. The second-order valence-electron chi connectivity index (χ2n) is 2.88. The van der Waals surface area contributed by atoms with Crippen LogP contribution in [0.15, 0.2) is 12.7 Å². The number of nitrogens with one attached hydrogen (secondary N) is 1. The van der Waals surface area contributed by atoms with E-state index in [1.54, 1.807) is 6.08 Å². The van der Waals surface area contributed by atoms with Crippen molar-refractivity contribution in [3.05, 3.63) is 12.7 Å². The zero-order valence-corrected chi connectivity index (χ0v) is 8.54. The van der Waals surface area contributed by atoms with Gasteiger partial charge in [0.05, 0.1) is 7.11 Å². The molecule has 0 aliphatic heterocycles. The number of carbonyl (C=O) groups is 2. The molecule has 0 bridgehead atoms. The molecule has 1 N–H and O–H groups in total. The number of methoxy groups -OCH3 is 1. The molecule has 0 fully saturated rings. The van der Waals surface area contributed by atoms with Gasteiger partial charge in [-0.25, -0.2) is 0 Å². The number of unbranched alkanes of at least 4 members (excludes halogenated alkanes) is 1. The number of carbonyl (C=O) groups excluding carboxylic acids is 2. The first-order chi connectivity index (χ1) is 6.70. The summed E-state index contributed by atoms with van der Waals surface area (Å²) in [6.45, 7) is 4.06. The summed E-state index contributed by atoms with van der Waals surface area (Å²) in [5.41, 5.74) is 0. The molecule has 0 spiro atoms. The van der Waals surface area contributed by atoms with Crippen molar-refractivity contribution in [2.24, 2.45) is 0 Å². The lowest BCUT2D eigenvalue weighted by atomic mass is 10.2. The molecule has 0 aromatic carbocycles. The first-order valence-electron chi connectivity index (χ1n) is 4.65. The molecule has 0 aliphatic rings. The Morgan fingerprint density at radius 1 is 1.43 bits per heavy atom. The Kier molecular flexibility index (Phi) is 7.50. The van der Waals surface area contributed by atoms with Gasteiger partial charge in [0.25, 0.3) is 0 Å². The molecule has 0 saturated heterocycles. The highest BCUT2D eigenvalue weighted by Crippen LogP contribution is 1.95. The highest BCUT2D eigenvalue weighted by atomic mass is 16.5. The maximum atomic E-state index is 10.9. The van der Waals surface area contributed by atoms with Gasteiger partial charge in [0.1, 0.15) is 0 Å². The van der Waals surface area contributed by atoms with E-state index in [0.717, 1.165) is 12.8 Å². The zero-order valence-electron chi connectivity index (χ0n) is 8.54. The normalized spacial score (nSPS) is 9.21. The highest BCUT2D eigenvalue weighted by molar-refractivity contribution is 5.77. The summed E-state index contributed by atoms with van der Waals surface area (Å²) in [6, 6.07) is 0. The first kappa shape index (κ1) is 12.7. The fourth-order valence-corrected chi connectivity index (χ4v) is 0.927. The molecule has 0 unspecified atom stereocenters. The van der Waals surface area contributed by atoms with E-state index in [1.807, 2.05) is 0 Å². The van der Waals surface area contributed by atoms with Crippen LogP contribution in [0.4, 0.5) is 0 Å². The highest BCUT2D eigenvalue weighted by Gasteiger charge is 2.00. The molecule has 0 aromatic rings. The molecule has 14 heavy (non-hydrogen) atoms. The third-order valence-electron chi connectivity index (χ3n) is 1.69. The Hall–Kier alpha value is -1.32. The number of amides is 1. The van der Waals surface area contributed by atoms with Crippen molar-refractivity contribution in [3.63, 3.8) is 0 Å². The quantitative estimate of drug-likeness (QED) is 0.378. The van der Waals surface area contributed by atoms with Crippen molar-refractivity contribution in [1.29, 1.82) is 0 Å². The summed E-state index contributed by atoms with van der Waals surface area (Å²) in [5, 5.41) is 2.71. The van der Waals surface area contributed by atoms with Crippen molar-refractivity contribution >= 4 is 11.9 Å². The van der Waals surface area contributed by atoms with Crippen LogP contribution in [0.2, 0.25) is 0 Å². The number of hydrogen-bond acceptors (Lipinski definition) is 3. The maximum Gasteiger partial charge on any atom is 0.305 e. The van der Waals surface area contributed by atoms with Crippen LogP contribution in [0.5, 0.6) is 0 Å². The first-order valence-corrected chi connectivity index (χ1v) is 4.65. The predicted molar refractivity (Wildman–Crippen MR) is 53.7 cm³/mol. The largest absolute Gasteiger partial charge is 0.469 e. The zero-order chi connectivity index (χ0) is 10.8. The van der Waals surface area contributed by atoms with Crippen molar-refractivity contribution in [2.75, 3.05) is 13.7 Å². The molecule has 4 nitrogen and oxygen atoms in total. The Morgan fingerprint density at radius 3 is 2.71 bits per heavy atom. The smallest absolute Gasteiger partial charge is 0.305 e. The van der Waals surface area contributed by atoms with Gasteiger partial charge in [0, 0.05) is 19.4 Å². The van der Waals surface area contributed by atoms with Gasteiger partial charge >= 0.3 is 5.97 Å². The molecule has 0 rings (SSSR count). The summed E-state index contributed by atoms with van der Waals surface area (Å²) >= 11 is 0. The summed E-state index contributed by atoms with van der Waals surface area (Å²) in [4.78, 5) is 21.6. The number of esters is 1. The monoisotopic (exact) mass is 199 g/mol. The fraction of sp³-hybridized carbons (Fsp3) is 0.600. The lowest BCUT2D eigenvalue weighted by molar-refractivity contribution is -0.140. The number of ether oxygens (including phenoxy) is 1. The van der Waals surface area contributed by atoms with Crippen molar-refractivity contribution in [2.45, 2.75) is 25.7 Å². The lowest BCUT2D eigenvalue weighted by Crippen LogP contribution is -2.23. The minimum absolute atomic E-state index is 0.0296. The Balaban J connectivity index is 3.25. The summed E-state index contributed by atoms with van der Waals surface area (Å²) in [7, 11) is 1.37. The molecule has 0 aromatic heterocycles. The van der Waals surface area contributed by atoms with Gasteiger partial charge in [-0.1, -0.05) is 6.08 Å². The molecule has 4 heteroatoms. The molecule has 0 heterocycles. The van der Waals surface area contributed by atoms with Gasteiger partial charge in [-0.05, 0) is 12.8 Å². The van der Waals surface area contributed by atoms with Crippen LogP contribution < -0.4 is 5.32 Å². The Labute approximate surface area is 84.3 Å². The van der Waals surface area contributed by atoms with Crippen LogP contribution in [-0.4, -0.2) is 25.5 Å². The van der Waals surface area contributed by atoms with E-state index in [2.05, 4.69) is 16.6 Å². The third-order valence-corrected chi connectivity index (χ3v) is 1.69. The molecule has 0 radical (unpaired) electrons. The van der Waals surface area contributed by atoms with Crippen molar-refractivity contribution in [1.82, 2.24) is 5.32 Å². The van der Waals surface area contributed by atoms with Crippen LogP contribution in [-0.2, 0) is 14.3 Å². The van der Waals surface area contributed by atoms with Gasteiger partial charge < -0.3 is 10.1 Å². The van der Waals surface area contributed by atoms with Crippen LogP contribution in [0.3, 0.4) is 0 Å². The minimum Gasteiger partial charge on any atom is -0.469 e. The minimum atomic E-state index is -0.206. The summed E-state index contributed by atoms with van der Waals surface area (Å²) < 4.78 is 4.48. The lowest BCUT2D eigenvalue weighted by Gasteiger charge is -2.02. The number of rotatable bonds is 7. The molecule has 0 aliphatic carbocycles. The van der Waals surface area contributed by atoms with Crippen LogP contribution in [0, 0.1) is 0 Å². The van der Waals surface area contributed by atoms with Crippen molar-refractivity contribution in [3.8, 4) is 0 Å². The van der Waals surface area contributed by atoms with E-state index in [9.17, 15) is 9.59 Å². The van der Waals surface area contributed by atoms with E-state index >= 15 is 0 Å². The van der Waals surface area contributed by atoms with Crippen molar-refractivity contribution < 1.29 is 14.3 Å². The van der Waals surface area contributed by atoms with Gasteiger partial charge in [-0.3, -0.25) is 9.59 Å².